The van der Waals surface area contributed by atoms with E-state index in [1.165, 1.54) is 5.57 Å². The molecule has 15 heavy (non-hydrogen) atoms. The van der Waals surface area contributed by atoms with Gasteiger partial charge in [-0.2, -0.15) is 0 Å². The van der Waals surface area contributed by atoms with Crippen molar-refractivity contribution >= 4 is 5.91 Å². The van der Waals surface area contributed by atoms with Crippen molar-refractivity contribution in [1.29, 1.82) is 0 Å². The summed E-state index contributed by atoms with van der Waals surface area (Å²) in [7, 11) is 0. The molecule has 0 radical (unpaired) electrons. The average Bonchev–Trinajstić information content (AvgIpc) is 2.16. The summed E-state index contributed by atoms with van der Waals surface area (Å²) in [6.07, 6.45) is 3.20. The third kappa shape index (κ3) is 3.06. The van der Waals surface area contributed by atoms with E-state index in [9.17, 15) is 4.79 Å². The van der Waals surface area contributed by atoms with E-state index in [1.54, 1.807) is 0 Å². The molecule has 0 aromatic heterocycles. The van der Waals surface area contributed by atoms with Crippen LogP contribution in [0.5, 0.6) is 0 Å². The molecule has 1 amide bonds. The molecule has 1 aliphatic rings. The van der Waals surface area contributed by atoms with Gasteiger partial charge in [-0.15, -0.1) is 0 Å². The van der Waals surface area contributed by atoms with Crippen LogP contribution >= 0.6 is 0 Å². The summed E-state index contributed by atoms with van der Waals surface area (Å²) in [6, 6.07) is 0. The fourth-order valence-corrected chi connectivity index (χ4v) is 2.00. The zero-order chi connectivity index (χ0) is 11.5. The van der Waals surface area contributed by atoms with Crippen molar-refractivity contribution in [1.82, 2.24) is 10.2 Å². The predicted molar refractivity (Wildman–Crippen MR) is 62.7 cm³/mol. The number of hydrogen-bond acceptors (Lipinski definition) is 2. The lowest BCUT2D eigenvalue weighted by molar-refractivity contribution is -0.136. The Labute approximate surface area is 92.5 Å². The molecule has 86 valence electrons. The number of nitrogens with one attached hydrogen (secondary N) is 1. The van der Waals surface area contributed by atoms with E-state index < -0.39 is 5.54 Å². The number of hydrogen-bond donors (Lipinski definition) is 1. The molecule has 0 saturated heterocycles. The summed E-state index contributed by atoms with van der Waals surface area (Å²) in [6.45, 7) is 10.5. The molecule has 0 aromatic carbocycles. The number of carbonyl (C=O) groups is 1. The highest BCUT2D eigenvalue weighted by atomic mass is 16.2. The average molecular weight is 210 g/mol. The highest BCUT2D eigenvalue weighted by Crippen LogP contribution is 2.14. The number of nitrogens with zero attached hydrogens (tertiary/aromatic N) is 1. The summed E-state index contributed by atoms with van der Waals surface area (Å²) in [4.78, 5) is 14.1. The lowest BCUT2D eigenvalue weighted by Gasteiger charge is -2.34. The Morgan fingerprint density at radius 1 is 1.60 bits per heavy atom. The van der Waals surface area contributed by atoms with Crippen molar-refractivity contribution in [2.75, 3.05) is 19.6 Å². The van der Waals surface area contributed by atoms with E-state index in [-0.39, 0.29) is 5.91 Å². The molecule has 0 atom stereocenters. The van der Waals surface area contributed by atoms with Gasteiger partial charge in [-0.1, -0.05) is 18.6 Å². The molecule has 0 bridgehead atoms. The molecule has 0 saturated carbocycles. The Bertz CT molecular complexity index is 269. The molecule has 3 nitrogen and oxygen atoms in total. The minimum atomic E-state index is -0.438. The van der Waals surface area contributed by atoms with Crippen LogP contribution in [-0.2, 0) is 4.79 Å². The van der Waals surface area contributed by atoms with E-state index in [2.05, 4.69) is 18.3 Å². The predicted octanol–water partition coefficient (Wildman–Crippen LogP) is 1.55. The quantitative estimate of drug-likeness (QED) is 0.717. The fourth-order valence-electron chi connectivity index (χ4n) is 2.00. The van der Waals surface area contributed by atoms with Gasteiger partial charge >= 0.3 is 0 Å². The third-order valence-electron chi connectivity index (χ3n) is 2.77. The van der Waals surface area contributed by atoms with Crippen molar-refractivity contribution in [3.05, 3.63) is 11.6 Å². The topological polar surface area (TPSA) is 32.3 Å². The molecular weight excluding hydrogens is 188 g/mol. The van der Waals surface area contributed by atoms with Gasteiger partial charge in [-0.05, 0) is 33.7 Å². The first-order chi connectivity index (χ1) is 6.97. The Kier molecular flexibility index (Phi) is 3.91. The van der Waals surface area contributed by atoms with Gasteiger partial charge < -0.3 is 10.2 Å². The number of likely N-dealkylation sites (N-methyl/N-ethyl adjacent to an activating group) is 1. The molecule has 1 rings (SSSR count). The molecule has 0 fully saturated rings. The summed E-state index contributed by atoms with van der Waals surface area (Å²) in [5.74, 6) is 0.205. The maximum Gasteiger partial charge on any atom is 0.242 e. The Morgan fingerprint density at radius 3 is 2.80 bits per heavy atom. The first-order valence-electron chi connectivity index (χ1n) is 5.67. The van der Waals surface area contributed by atoms with Crippen LogP contribution in [0.2, 0.25) is 0 Å². The van der Waals surface area contributed by atoms with Gasteiger partial charge in [0, 0.05) is 13.1 Å². The van der Waals surface area contributed by atoms with Gasteiger partial charge in [0.05, 0.1) is 5.54 Å². The highest BCUT2D eigenvalue weighted by Gasteiger charge is 2.31. The molecule has 0 spiro atoms. The van der Waals surface area contributed by atoms with Gasteiger partial charge in [0.2, 0.25) is 5.91 Å². The van der Waals surface area contributed by atoms with Crippen LogP contribution in [0.1, 0.15) is 34.1 Å². The van der Waals surface area contributed by atoms with Crippen LogP contribution in [-0.4, -0.2) is 36.0 Å². The molecule has 1 heterocycles. The van der Waals surface area contributed by atoms with Crippen molar-refractivity contribution in [2.45, 2.75) is 39.7 Å². The summed E-state index contributed by atoms with van der Waals surface area (Å²) < 4.78 is 0. The molecule has 0 aliphatic carbocycles. The van der Waals surface area contributed by atoms with E-state index >= 15 is 0 Å². The van der Waals surface area contributed by atoms with Crippen LogP contribution in [0.15, 0.2) is 11.6 Å². The molecule has 3 heteroatoms. The first kappa shape index (κ1) is 12.2. The van der Waals surface area contributed by atoms with Crippen LogP contribution in [0.25, 0.3) is 0 Å². The molecular formula is C12H22N2O. The van der Waals surface area contributed by atoms with Crippen molar-refractivity contribution < 1.29 is 4.79 Å². The van der Waals surface area contributed by atoms with E-state index in [0.29, 0.717) is 0 Å². The minimum absolute atomic E-state index is 0.205. The molecule has 0 aromatic rings. The Morgan fingerprint density at radius 2 is 2.27 bits per heavy atom. The third-order valence-corrected chi connectivity index (χ3v) is 2.77. The summed E-state index contributed by atoms with van der Waals surface area (Å²) >= 11 is 0. The largest absolute Gasteiger partial charge is 0.337 e. The van der Waals surface area contributed by atoms with Gasteiger partial charge in [-0.3, -0.25) is 4.79 Å². The van der Waals surface area contributed by atoms with Crippen LogP contribution in [0, 0.1) is 0 Å². The smallest absolute Gasteiger partial charge is 0.242 e. The molecule has 1 N–H and O–H groups in total. The molecule has 1 aliphatic heterocycles. The van der Waals surface area contributed by atoms with Crippen molar-refractivity contribution in [3.8, 4) is 0 Å². The standard InChI is InChI=1S/C12H22N2O/c1-5-13-12(3,4)11(15)14-8-6-7-10(2)9-14/h7,13H,5-6,8-9H2,1-4H3. The summed E-state index contributed by atoms with van der Waals surface area (Å²) in [5.41, 5.74) is 0.855. The second-order valence-electron chi connectivity index (χ2n) is 4.72. The van der Waals surface area contributed by atoms with Gasteiger partial charge in [0.1, 0.15) is 0 Å². The zero-order valence-electron chi connectivity index (χ0n) is 10.3. The maximum absolute atomic E-state index is 12.2. The second kappa shape index (κ2) is 4.79. The lowest BCUT2D eigenvalue weighted by Crippen LogP contribution is -2.55. The van der Waals surface area contributed by atoms with Gasteiger partial charge in [0.25, 0.3) is 0 Å². The Balaban J connectivity index is 2.64. The number of carbonyl (C=O) groups excluding carboxylic acids is 1. The van der Waals surface area contributed by atoms with E-state index in [4.69, 9.17) is 0 Å². The highest BCUT2D eigenvalue weighted by molar-refractivity contribution is 5.85. The SMILES string of the molecule is CCNC(C)(C)C(=O)N1CCC=C(C)C1. The summed E-state index contributed by atoms with van der Waals surface area (Å²) in [5, 5.41) is 3.22. The van der Waals surface area contributed by atoms with Crippen LogP contribution in [0.4, 0.5) is 0 Å². The lowest BCUT2D eigenvalue weighted by atomic mass is 10.0. The van der Waals surface area contributed by atoms with Crippen molar-refractivity contribution in [2.24, 2.45) is 0 Å². The van der Waals surface area contributed by atoms with Gasteiger partial charge in [0.15, 0.2) is 0 Å². The monoisotopic (exact) mass is 210 g/mol. The number of amides is 1. The van der Waals surface area contributed by atoms with Crippen molar-refractivity contribution in [3.63, 3.8) is 0 Å². The maximum atomic E-state index is 12.2. The van der Waals surface area contributed by atoms with Crippen LogP contribution in [0.3, 0.4) is 0 Å². The fraction of sp³-hybridized carbons (Fsp3) is 0.750. The zero-order valence-corrected chi connectivity index (χ0v) is 10.3. The minimum Gasteiger partial charge on any atom is -0.337 e. The second-order valence-corrected chi connectivity index (χ2v) is 4.72. The first-order valence-corrected chi connectivity index (χ1v) is 5.67. The normalized spacial score (nSPS) is 17.6. The van der Waals surface area contributed by atoms with Crippen LogP contribution < -0.4 is 5.32 Å². The Hall–Kier alpha value is -0.830. The molecule has 0 unspecified atom stereocenters. The number of rotatable bonds is 3. The van der Waals surface area contributed by atoms with E-state index in [1.807, 2.05) is 25.7 Å². The van der Waals surface area contributed by atoms with Gasteiger partial charge in [-0.25, -0.2) is 0 Å². The van der Waals surface area contributed by atoms with E-state index in [0.717, 1.165) is 26.1 Å².